The minimum absolute atomic E-state index is 0.145. The van der Waals surface area contributed by atoms with Gasteiger partial charge in [-0.2, -0.15) is 0 Å². The van der Waals surface area contributed by atoms with Crippen LogP contribution in [-0.4, -0.2) is 37.9 Å². The van der Waals surface area contributed by atoms with Crippen molar-refractivity contribution in [1.82, 2.24) is 5.32 Å². The maximum atomic E-state index is 12.1. The van der Waals surface area contributed by atoms with Gasteiger partial charge in [0.15, 0.2) is 0 Å². The molecule has 1 rings (SSSR count). The summed E-state index contributed by atoms with van der Waals surface area (Å²) in [5, 5.41) is 3.30. The van der Waals surface area contributed by atoms with Crippen molar-refractivity contribution in [1.29, 1.82) is 0 Å². The second-order valence-electron chi connectivity index (χ2n) is 5.53. The van der Waals surface area contributed by atoms with Crippen LogP contribution >= 0.6 is 0 Å². The molecule has 1 saturated carbocycles. The molecule has 1 aliphatic rings. The molecular weight excluding hydrogens is 230 g/mol. The van der Waals surface area contributed by atoms with Crippen molar-refractivity contribution < 1.29 is 14.3 Å². The lowest BCUT2D eigenvalue weighted by Crippen LogP contribution is -2.58. The van der Waals surface area contributed by atoms with Gasteiger partial charge in [-0.05, 0) is 38.1 Å². The molecule has 0 aromatic carbocycles. The Morgan fingerprint density at radius 3 is 2.39 bits per heavy atom. The zero-order chi connectivity index (χ0) is 13.8. The first-order chi connectivity index (χ1) is 8.47. The highest BCUT2D eigenvalue weighted by atomic mass is 16.5. The van der Waals surface area contributed by atoms with E-state index in [1.807, 2.05) is 13.8 Å². The quantitative estimate of drug-likeness (QED) is 0.675. The SMILES string of the molecule is CCNC(COC(C)C(C)C)(C(=O)OC)C1CC1. The van der Waals surface area contributed by atoms with Crippen molar-refractivity contribution in [3.05, 3.63) is 0 Å². The highest BCUT2D eigenvalue weighted by molar-refractivity contribution is 5.82. The molecule has 1 fully saturated rings. The number of hydrogen-bond acceptors (Lipinski definition) is 4. The molecule has 2 atom stereocenters. The predicted octanol–water partition coefficient (Wildman–Crippen LogP) is 1.98. The molecule has 2 unspecified atom stereocenters. The van der Waals surface area contributed by atoms with Crippen molar-refractivity contribution in [3.63, 3.8) is 0 Å². The van der Waals surface area contributed by atoms with Crippen LogP contribution in [0.2, 0.25) is 0 Å². The van der Waals surface area contributed by atoms with Gasteiger partial charge in [0.1, 0.15) is 5.54 Å². The van der Waals surface area contributed by atoms with Crippen molar-refractivity contribution in [2.45, 2.75) is 52.2 Å². The highest BCUT2D eigenvalue weighted by Crippen LogP contribution is 2.41. The van der Waals surface area contributed by atoms with E-state index in [-0.39, 0.29) is 12.1 Å². The number of nitrogens with one attached hydrogen (secondary N) is 1. The first-order valence-corrected chi connectivity index (χ1v) is 6.93. The molecule has 0 aliphatic heterocycles. The molecule has 1 aliphatic carbocycles. The third-order valence-electron chi connectivity index (χ3n) is 3.83. The average molecular weight is 257 g/mol. The zero-order valence-electron chi connectivity index (χ0n) is 12.3. The van der Waals surface area contributed by atoms with Crippen molar-refractivity contribution >= 4 is 5.97 Å². The Morgan fingerprint density at radius 2 is 2.00 bits per heavy atom. The number of esters is 1. The first-order valence-electron chi connectivity index (χ1n) is 6.93. The van der Waals surface area contributed by atoms with Crippen molar-refractivity contribution in [3.8, 4) is 0 Å². The van der Waals surface area contributed by atoms with Gasteiger partial charge in [-0.1, -0.05) is 20.8 Å². The van der Waals surface area contributed by atoms with Gasteiger partial charge in [-0.25, -0.2) is 4.79 Å². The van der Waals surface area contributed by atoms with E-state index in [1.165, 1.54) is 7.11 Å². The second kappa shape index (κ2) is 6.53. The topological polar surface area (TPSA) is 47.6 Å². The van der Waals surface area contributed by atoms with Gasteiger partial charge >= 0.3 is 5.97 Å². The normalized spacial score (nSPS) is 20.6. The third kappa shape index (κ3) is 3.45. The van der Waals surface area contributed by atoms with Crippen LogP contribution in [0.5, 0.6) is 0 Å². The van der Waals surface area contributed by atoms with Crippen LogP contribution in [-0.2, 0) is 14.3 Å². The molecule has 0 aromatic rings. The summed E-state index contributed by atoms with van der Waals surface area (Å²) < 4.78 is 10.9. The first kappa shape index (κ1) is 15.4. The lowest BCUT2D eigenvalue weighted by atomic mass is 9.93. The third-order valence-corrected chi connectivity index (χ3v) is 3.83. The molecule has 0 heterocycles. The number of methoxy groups -OCH3 is 1. The molecule has 4 nitrogen and oxygen atoms in total. The van der Waals surface area contributed by atoms with Gasteiger partial charge in [0.05, 0.1) is 19.8 Å². The summed E-state index contributed by atoms with van der Waals surface area (Å²) in [5.41, 5.74) is -0.646. The lowest BCUT2D eigenvalue weighted by Gasteiger charge is -2.33. The van der Waals surface area contributed by atoms with E-state index in [9.17, 15) is 4.79 Å². The summed E-state index contributed by atoms with van der Waals surface area (Å²) in [7, 11) is 1.45. The molecular formula is C14H27NO3. The molecule has 0 spiro atoms. The minimum Gasteiger partial charge on any atom is -0.468 e. The molecule has 1 N–H and O–H groups in total. The largest absolute Gasteiger partial charge is 0.468 e. The number of hydrogen-bond donors (Lipinski definition) is 1. The number of likely N-dealkylation sites (N-methyl/N-ethyl adjacent to an activating group) is 1. The van der Waals surface area contributed by atoms with Gasteiger partial charge in [0.2, 0.25) is 0 Å². The summed E-state index contributed by atoms with van der Waals surface area (Å²) in [4.78, 5) is 12.1. The van der Waals surface area contributed by atoms with E-state index < -0.39 is 5.54 Å². The van der Waals surface area contributed by atoms with Crippen LogP contribution < -0.4 is 5.32 Å². The smallest absolute Gasteiger partial charge is 0.328 e. The Hall–Kier alpha value is -0.610. The standard InChI is InChI=1S/C14H27NO3/c1-6-15-14(12-7-8-12,13(16)17-5)9-18-11(4)10(2)3/h10-12,15H,6-9H2,1-5H3. The van der Waals surface area contributed by atoms with E-state index in [4.69, 9.17) is 9.47 Å². The Kier molecular flexibility index (Phi) is 5.60. The zero-order valence-corrected chi connectivity index (χ0v) is 12.3. The van der Waals surface area contributed by atoms with Gasteiger partial charge < -0.3 is 9.47 Å². The van der Waals surface area contributed by atoms with Gasteiger partial charge in [-0.15, -0.1) is 0 Å². The predicted molar refractivity (Wildman–Crippen MR) is 71.4 cm³/mol. The fraction of sp³-hybridized carbons (Fsp3) is 0.929. The Morgan fingerprint density at radius 1 is 1.39 bits per heavy atom. The maximum absolute atomic E-state index is 12.1. The summed E-state index contributed by atoms with van der Waals surface area (Å²) in [6, 6.07) is 0. The van der Waals surface area contributed by atoms with E-state index in [0.717, 1.165) is 19.4 Å². The summed E-state index contributed by atoms with van der Waals surface area (Å²) in [5.74, 6) is 0.605. The number of ether oxygens (including phenoxy) is 2. The Bertz CT molecular complexity index is 276. The number of carbonyl (C=O) groups is 1. The van der Waals surface area contributed by atoms with Gasteiger partial charge in [0.25, 0.3) is 0 Å². The Balaban J connectivity index is 2.72. The number of carbonyl (C=O) groups excluding carboxylic acids is 1. The van der Waals surface area contributed by atoms with Crippen LogP contribution in [0, 0.1) is 11.8 Å². The Labute approximate surface area is 110 Å². The fourth-order valence-electron chi connectivity index (χ4n) is 2.14. The van der Waals surface area contributed by atoms with E-state index >= 15 is 0 Å². The highest BCUT2D eigenvalue weighted by Gasteiger charge is 2.52. The molecule has 106 valence electrons. The van der Waals surface area contributed by atoms with Crippen LogP contribution in [0.4, 0.5) is 0 Å². The van der Waals surface area contributed by atoms with Crippen molar-refractivity contribution in [2.24, 2.45) is 11.8 Å². The van der Waals surface area contributed by atoms with Gasteiger partial charge in [0, 0.05) is 0 Å². The minimum atomic E-state index is -0.646. The maximum Gasteiger partial charge on any atom is 0.328 e. The molecule has 0 aromatic heterocycles. The van der Waals surface area contributed by atoms with Crippen molar-refractivity contribution in [2.75, 3.05) is 20.3 Å². The molecule has 0 radical (unpaired) electrons. The average Bonchev–Trinajstić information content (AvgIpc) is 3.17. The van der Waals surface area contributed by atoms with Crippen LogP contribution in [0.3, 0.4) is 0 Å². The van der Waals surface area contributed by atoms with Gasteiger partial charge in [-0.3, -0.25) is 5.32 Å². The molecule has 4 heteroatoms. The molecule has 18 heavy (non-hydrogen) atoms. The van der Waals surface area contributed by atoms with E-state index in [0.29, 0.717) is 18.4 Å². The fourth-order valence-corrected chi connectivity index (χ4v) is 2.14. The molecule has 0 saturated heterocycles. The summed E-state index contributed by atoms with van der Waals surface area (Å²) >= 11 is 0. The van der Waals surface area contributed by atoms with Crippen LogP contribution in [0.25, 0.3) is 0 Å². The molecule has 0 bridgehead atoms. The summed E-state index contributed by atoms with van der Waals surface area (Å²) in [6.07, 6.45) is 2.29. The van der Waals surface area contributed by atoms with E-state index in [2.05, 4.69) is 19.2 Å². The van der Waals surface area contributed by atoms with E-state index in [1.54, 1.807) is 0 Å². The lowest BCUT2D eigenvalue weighted by molar-refractivity contribution is -0.154. The van der Waals surface area contributed by atoms with Crippen LogP contribution in [0.15, 0.2) is 0 Å². The monoisotopic (exact) mass is 257 g/mol. The number of rotatable bonds is 8. The summed E-state index contributed by atoms with van der Waals surface area (Å²) in [6.45, 7) is 9.43. The van der Waals surface area contributed by atoms with Crippen LogP contribution in [0.1, 0.15) is 40.5 Å². The molecule has 0 amide bonds. The second-order valence-corrected chi connectivity index (χ2v) is 5.53.